The van der Waals surface area contributed by atoms with Gasteiger partial charge in [-0.1, -0.05) is 103 Å². The third kappa shape index (κ3) is 8.67. The summed E-state index contributed by atoms with van der Waals surface area (Å²) in [6.07, 6.45) is -14.3. The maximum Gasteiger partial charge on any atom is 0.416 e. The predicted octanol–water partition coefficient (Wildman–Crippen LogP) is 18.3. The highest BCUT2D eigenvalue weighted by molar-refractivity contribution is 6.12. The average Bonchev–Trinajstić information content (AvgIpc) is 3.99. The first-order chi connectivity index (χ1) is 36.9. The van der Waals surface area contributed by atoms with Crippen LogP contribution in [0.3, 0.4) is 0 Å². The minimum absolute atomic E-state index is 0.0703. The zero-order valence-corrected chi connectivity index (χ0v) is 40.1. The first-order valence-electron chi connectivity index (χ1n) is 23.9. The molecule has 0 saturated heterocycles. The van der Waals surface area contributed by atoms with E-state index in [4.69, 9.17) is 21.5 Å². The van der Waals surface area contributed by atoms with E-state index in [9.17, 15) is 39.5 Å². The molecule has 6 nitrogen and oxygen atoms in total. The van der Waals surface area contributed by atoms with E-state index in [1.54, 1.807) is 47.0 Å². The molecular weight excluding hydrogens is 1000 g/mol. The van der Waals surface area contributed by atoms with E-state index in [1.807, 2.05) is 109 Å². The molecule has 0 fully saturated rings. The highest BCUT2D eigenvalue weighted by Gasteiger charge is 2.35. The number of nitrogens with zero attached hydrogens (tertiary/aromatic N) is 6. The van der Waals surface area contributed by atoms with Crippen LogP contribution in [0.2, 0.25) is 0 Å². The Bertz CT molecular complexity index is 4250. The number of hydrogen-bond donors (Lipinski definition) is 0. The van der Waals surface area contributed by atoms with E-state index < -0.39 is 35.2 Å². The Labute approximate surface area is 432 Å². The third-order valence-electron chi connectivity index (χ3n) is 13.7. The lowest BCUT2D eigenvalue weighted by Gasteiger charge is -2.19. The number of benzene rings is 9. The highest BCUT2D eigenvalue weighted by Crippen LogP contribution is 2.45. The molecule has 77 heavy (non-hydrogen) atoms. The molecule has 15 heteroatoms. The zero-order chi connectivity index (χ0) is 53.5. The summed E-state index contributed by atoms with van der Waals surface area (Å²) in [7, 11) is 0. The van der Waals surface area contributed by atoms with Crippen molar-refractivity contribution in [2.75, 3.05) is 0 Å². The monoisotopic (exact) mass is 1030 g/mol. The van der Waals surface area contributed by atoms with Crippen molar-refractivity contribution < 1.29 is 39.5 Å². The Hall–Kier alpha value is -9.55. The fraction of sp³-hybridized carbons (Fsp3) is 0.0645. The summed E-state index contributed by atoms with van der Waals surface area (Å²) in [5.41, 5.74) is 4.34. The second-order valence-corrected chi connectivity index (χ2v) is 18.5. The molecule has 12 aromatic rings. The lowest BCUT2D eigenvalue weighted by atomic mass is 9.95. The largest absolute Gasteiger partial charge is 0.416 e. The molecule has 0 radical (unpaired) electrons. The molecule has 0 aliphatic heterocycles. The number of fused-ring (bicyclic) bond motifs is 6. The van der Waals surface area contributed by atoms with Crippen molar-refractivity contribution in [3.05, 3.63) is 228 Å². The average molecular weight is 1030 g/mol. The molecular formula is C62H35F9N6. The molecule has 0 saturated carbocycles. The summed E-state index contributed by atoms with van der Waals surface area (Å²) < 4.78 is 133. The van der Waals surface area contributed by atoms with E-state index in [1.165, 1.54) is 18.2 Å². The Balaban J connectivity index is 1.20. The molecule has 0 atom stereocenters. The van der Waals surface area contributed by atoms with Gasteiger partial charge >= 0.3 is 18.5 Å². The molecule has 376 valence electrons. The van der Waals surface area contributed by atoms with Gasteiger partial charge in [0.05, 0.1) is 56.7 Å². The second-order valence-electron chi connectivity index (χ2n) is 18.5. The normalized spacial score (nSPS) is 12.3. The van der Waals surface area contributed by atoms with Crippen LogP contribution in [0.1, 0.15) is 22.3 Å². The molecule has 0 N–H and O–H groups in total. The van der Waals surface area contributed by atoms with Crippen molar-refractivity contribution in [3.8, 4) is 67.8 Å². The molecule has 0 bridgehead atoms. The summed E-state index contributed by atoms with van der Waals surface area (Å²) in [4.78, 5) is 18.8. The van der Waals surface area contributed by atoms with Gasteiger partial charge in [-0.3, -0.25) is 0 Å². The van der Waals surface area contributed by atoms with Gasteiger partial charge in [-0.25, -0.2) is 19.8 Å². The first kappa shape index (κ1) is 48.4. The van der Waals surface area contributed by atoms with Gasteiger partial charge in [0.2, 0.25) is 0 Å². The first-order valence-corrected chi connectivity index (χ1v) is 23.9. The fourth-order valence-corrected chi connectivity index (χ4v) is 10.1. The van der Waals surface area contributed by atoms with Crippen LogP contribution in [0.5, 0.6) is 0 Å². The number of aryl methyl sites for hydroxylation is 1. The number of rotatable bonds is 7. The van der Waals surface area contributed by atoms with Gasteiger partial charge in [0, 0.05) is 43.8 Å². The molecule has 12 rings (SSSR count). The quantitative estimate of drug-likeness (QED) is 0.118. The van der Waals surface area contributed by atoms with Gasteiger partial charge in [0.25, 0.3) is 0 Å². The Morgan fingerprint density at radius 3 is 1.25 bits per heavy atom. The summed E-state index contributed by atoms with van der Waals surface area (Å²) >= 11 is 0. The van der Waals surface area contributed by atoms with E-state index in [-0.39, 0.29) is 27.6 Å². The van der Waals surface area contributed by atoms with E-state index in [0.717, 1.165) is 42.0 Å². The van der Waals surface area contributed by atoms with Crippen molar-refractivity contribution in [3.63, 3.8) is 0 Å². The standard InChI is InChI=1S/C62H35F9N6/c1-35-16-22-52-46(28-35)47-32-41(60(63,64)65)19-25-53(47)77(52)56-24-18-40(31-50(56)59-74-57(36-10-5-3-6-11-36)73-58(75-59)37-12-7-4-8-13-37)45-30-39(38-14-9-15-44(29-38)72-2)17-23-51(45)76-54-26-20-42(61(66,67)68)33-48(54)49-34-43(62(69,70)71)21-27-55(49)76/h3-34H,1H3. The second kappa shape index (κ2) is 18.1. The number of aromatic nitrogens is 5. The van der Waals surface area contributed by atoms with Gasteiger partial charge in [0.15, 0.2) is 23.2 Å². The van der Waals surface area contributed by atoms with Crippen LogP contribution in [-0.4, -0.2) is 24.1 Å². The van der Waals surface area contributed by atoms with Gasteiger partial charge in [-0.2, -0.15) is 39.5 Å². The van der Waals surface area contributed by atoms with Crippen LogP contribution in [0.15, 0.2) is 194 Å². The number of hydrogen-bond acceptors (Lipinski definition) is 3. The summed E-state index contributed by atoms with van der Waals surface area (Å²) in [5.74, 6) is 0.785. The Morgan fingerprint density at radius 2 is 0.766 bits per heavy atom. The number of halogens is 9. The van der Waals surface area contributed by atoms with Crippen LogP contribution in [0.25, 0.3) is 116 Å². The smallest absolute Gasteiger partial charge is 0.309 e. The summed E-state index contributed by atoms with van der Waals surface area (Å²) in [5, 5.41) is 0.750. The molecule has 0 aliphatic carbocycles. The predicted molar refractivity (Wildman–Crippen MR) is 282 cm³/mol. The maximum absolute atomic E-state index is 14.4. The van der Waals surface area contributed by atoms with Crippen LogP contribution < -0.4 is 0 Å². The zero-order valence-electron chi connectivity index (χ0n) is 40.1. The molecule has 9 aromatic carbocycles. The van der Waals surface area contributed by atoms with E-state index in [0.29, 0.717) is 89.5 Å². The molecule has 3 heterocycles. The topological polar surface area (TPSA) is 52.9 Å². The van der Waals surface area contributed by atoms with Crippen LogP contribution >= 0.6 is 0 Å². The summed E-state index contributed by atoms with van der Waals surface area (Å²) in [6, 6.07) is 51.2. The van der Waals surface area contributed by atoms with Crippen molar-refractivity contribution in [1.29, 1.82) is 0 Å². The Morgan fingerprint density at radius 1 is 0.364 bits per heavy atom. The molecule has 0 aliphatic rings. The van der Waals surface area contributed by atoms with Crippen molar-refractivity contribution in [2.24, 2.45) is 0 Å². The highest BCUT2D eigenvalue weighted by atomic mass is 19.4. The van der Waals surface area contributed by atoms with Crippen molar-refractivity contribution >= 4 is 49.3 Å². The molecule has 0 unspecified atom stereocenters. The SMILES string of the molecule is [C-]#[N+]c1cccc(-c2ccc(-n3c4ccc(C(F)(F)F)cc4c4cc(C(F)(F)F)ccc43)c(-c3ccc(-n4c5ccc(C)cc5c5cc(C(F)(F)F)ccc54)c(-c4nc(-c5ccccc5)nc(-c5ccccc5)n4)c3)c2)c1. The lowest BCUT2D eigenvalue weighted by molar-refractivity contribution is -0.138. The van der Waals surface area contributed by atoms with Crippen LogP contribution in [0.4, 0.5) is 45.2 Å². The van der Waals surface area contributed by atoms with E-state index >= 15 is 0 Å². The Kier molecular flexibility index (Phi) is 11.4. The van der Waals surface area contributed by atoms with Gasteiger partial charge < -0.3 is 9.13 Å². The van der Waals surface area contributed by atoms with Gasteiger partial charge in [-0.15, -0.1) is 0 Å². The molecule has 0 amide bonds. The van der Waals surface area contributed by atoms with Crippen LogP contribution in [-0.2, 0) is 18.5 Å². The van der Waals surface area contributed by atoms with Gasteiger partial charge in [0.1, 0.15) is 0 Å². The maximum atomic E-state index is 14.4. The molecule has 3 aromatic heterocycles. The minimum Gasteiger partial charge on any atom is -0.309 e. The molecule has 0 spiro atoms. The number of alkyl halides is 9. The van der Waals surface area contributed by atoms with Gasteiger partial charge in [-0.05, 0) is 121 Å². The van der Waals surface area contributed by atoms with Crippen molar-refractivity contribution in [2.45, 2.75) is 25.5 Å². The van der Waals surface area contributed by atoms with Crippen molar-refractivity contribution in [1.82, 2.24) is 24.1 Å². The van der Waals surface area contributed by atoms with Crippen LogP contribution in [0, 0.1) is 13.5 Å². The fourth-order valence-electron chi connectivity index (χ4n) is 10.1. The lowest BCUT2D eigenvalue weighted by Crippen LogP contribution is -2.06. The third-order valence-corrected chi connectivity index (χ3v) is 13.7. The summed E-state index contributed by atoms with van der Waals surface area (Å²) in [6.45, 7) is 9.61. The van der Waals surface area contributed by atoms with E-state index in [2.05, 4.69) is 4.85 Å². The minimum atomic E-state index is -4.82.